The van der Waals surface area contributed by atoms with E-state index in [4.69, 9.17) is 9.47 Å². The molecule has 0 radical (unpaired) electrons. The molecule has 1 aliphatic rings. The molecule has 33 heavy (non-hydrogen) atoms. The zero-order valence-corrected chi connectivity index (χ0v) is 19.6. The van der Waals surface area contributed by atoms with Gasteiger partial charge in [0.1, 0.15) is 0 Å². The van der Waals surface area contributed by atoms with E-state index in [0.29, 0.717) is 39.3 Å². The predicted molar refractivity (Wildman–Crippen MR) is 123 cm³/mol. The number of aryl methyl sites for hydroxylation is 1. The molecule has 1 amide bonds. The number of hydrogen-bond donors (Lipinski definition) is 0. The van der Waals surface area contributed by atoms with Crippen molar-refractivity contribution in [2.24, 2.45) is 0 Å². The largest absolute Gasteiger partial charge is 0.469 e. The Morgan fingerprint density at radius 1 is 0.970 bits per heavy atom. The van der Waals surface area contributed by atoms with Gasteiger partial charge in [-0.25, -0.2) is 8.42 Å². The summed E-state index contributed by atoms with van der Waals surface area (Å²) < 4.78 is 36.9. The van der Waals surface area contributed by atoms with E-state index in [1.165, 1.54) is 11.4 Å². The fourth-order valence-electron chi connectivity index (χ4n) is 3.60. The predicted octanol–water partition coefficient (Wildman–Crippen LogP) is 2.23. The monoisotopic (exact) mass is 474 g/mol. The Hall–Kier alpha value is -2.75. The van der Waals surface area contributed by atoms with E-state index in [-0.39, 0.29) is 36.2 Å². The number of morpholine rings is 1. The van der Waals surface area contributed by atoms with Crippen molar-refractivity contribution in [3.63, 3.8) is 0 Å². The number of methoxy groups -OCH3 is 1. The fourth-order valence-corrected chi connectivity index (χ4v) is 5.01. The van der Waals surface area contributed by atoms with E-state index in [9.17, 15) is 18.0 Å². The molecule has 0 atom stereocenters. The van der Waals surface area contributed by atoms with Crippen molar-refractivity contribution in [1.82, 2.24) is 9.21 Å². The van der Waals surface area contributed by atoms with Gasteiger partial charge in [0.15, 0.2) is 0 Å². The zero-order chi connectivity index (χ0) is 23.7. The van der Waals surface area contributed by atoms with E-state index in [1.54, 1.807) is 29.2 Å². The van der Waals surface area contributed by atoms with Gasteiger partial charge in [-0.3, -0.25) is 9.59 Å². The second-order valence-electron chi connectivity index (χ2n) is 7.79. The third-order valence-electron chi connectivity index (χ3n) is 5.54. The molecule has 1 heterocycles. The molecule has 1 fully saturated rings. The van der Waals surface area contributed by atoms with E-state index in [0.717, 1.165) is 11.1 Å². The lowest BCUT2D eigenvalue weighted by Crippen LogP contribution is -2.40. The van der Waals surface area contributed by atoms with Crippen LogP contribution in [0.4, 0.5) is 0 Å². The Morgan fingerprint density at radius 3 is 2.27 bits per heavy atom. The molecule has 8 nitrogen and oxygen atoms in total. The number of carbonyl (C=O) groups is 2. The van der Waals surface area contributed by atoms with E-state index in [1.807, 2.05) is 30.3 Å². The summed E-state index contributed by atoms with van der Waals surface area (Å²) >= 11 is 0. The van der Waals surface area contributed by atoms with Gasteiger partial charge in [0, 0.05) is 32.6 Å². The van der Waals surface area contributed by atoms with Gasteiger partial charge in [-0.1, -0.05) is 42.5 Å². The molecule has 1 saturated heterocycles. The highest BCUT2D eigenvalue weighted by molar-refractivity contribution is 7.89. The van der Waals surface area contributed by atoms with Crippen LogP contribution in [-0.4, -0.2) is 69.5 Å². The van der Waals surface area contributed by atoms with E-state index in [2.05, 4.69) is 0 Å². The van der Waals surface area contributed by atoms with Crippen molar-refractivity contribution in [3.05, 3.63) is 65.7 Å². The molecule has 0 unspecified atom stereocenters. The number of benzene rings is 2. The lowest BCUT2D eigenvalue weighted by atomic mass is 10.1. The van der Waals surface area contributed by atoms with Gasteiger partial charge in [-0.05, 0) is 29.7 Å². The maximum atomic E-state index is 12.9. The van der Waals surface area contributed by atoms with Gasteiger partial charge < -0.3 is 14.4 Å². The number of rotatable bonds is 10. The Labute approximate surface area is 195 Å². The quantitative estimate of drug-likeness (QED) is 0.491. The van der Waals surface area contributed by atoms with Crippen LogP contribution < -0.4 is 0 Å². The Bertz CT molecular complexity index is 1020. The van der Waals surface area contributed by atoms with Crippen LogP contribution in [-0.2, 0) is 42.1 Å². The van der Waals surface area contributed by atoms with Crippen LogP contribution in [0, 0.1) is 0 Å². The van der Waals surface area contributed by atoms with Crippen molar-refractivity contribution < 1.29 is 27.5 Å². The van der Waals surface area contributed by atoms with Gasteiger partial charge in [0.05, 0.1) is 31.6 Å². The van der Waals surface area contributed by atoms with Crippen LogP contribution in [0.15, 0.2) is 59.5 Å². The summed E-state index contributed by atoms with van der Waals surface area (Å²) in [5, 5.41) is 0. The maximum absolute atomic E-state index is 12.9. The van der Waals surface area contributed by atoms with E-state index >= 15 is 0 Å². The van der Waals surface area contributed by atoms with Gasteiger partial charge >= 0.3 is 5.97 Å². The summed E-state index contributed by atoms with van der Waals surface area (Å²) in [7, 11) is -2.21. The topological polar surface area (TPSA) is 93.2 Å². The Morgan fingerprint density at radius 2 is 1.64 bits per heavy atom. The third kappa shape index (κ3) is 7.12. The average Bonchev–Trinajstić information content (AvgIpc) is 2.86. The molecule has 0 spiro atoms. The summed E-state index contributed by atoms with van der Waals surface area (Å²) in [5.41, 5.74) is 1.85. The first kappa shape index (κ1) is 24.9. The van der Waals surface area contributed by atoms with Gasteiger partial charge in [-0.2, -0.15) is 4.31 Å². The standard InChI is InChI=1S/C24H30N2O6S/c1-31-24(28)13-14-25(19-21-5-3-2-4-6-21)23(27)12-9-20-7-10-22(11-8-20)33(29,30)26-15-17-32-18-16-26/h2-8,10-11H,9,12-19H2,1H3. The number of ether oxygens (including phenoxy) is 2. The second-order valence-corrected chi connectivity index (χ2v) is 9.73. The first-order chi connectivity index (χ1) is 15.9. The molecule has 0 N–H and O–H groups in total. The Kier molecular flexibility index (Phi) is 8.99. The van der Waals surface area contributed by atoms with Gasteiger partial charge in [-0.15, -0.1) is 0 Å². The molecule has 1 aliphatic heterocycles. The maximum Gasteiger partial charge on any atom is 0.307 e. The highest BCUT2D eigenvalue weighted by Gasteiger charge is 2.26. The first-order valence-electron chi connectivity index (χ1n) is 11.0. The van der Waals surface area contributed by atoms with Crippen molar-refractivity contribution in [1.29, 1.82) is 0 Å². The molecule has 2 aromatic carbocycles. The summed E-state index contributed by atoms with van der Waals surface area (Å²) in [6, 6.07) is 16.3. The molecule has 0 aliphatic carbocycles. The number of amides is 1. The van der Waals surface area contributed by atoms with Crippen molar-refractivity contribution in [2.75, 3.05) is 40.0 Å². The number of esters is 1. The molecule has 3 rings (SSSR count). The first-order valence-corrected chi connectivity index (χ1v) is 12.4. The zero-order valence-electron chi connectivity index (χ0n) is 18.8. The second kappa shape index (κ2) is 11.9. The number of sulfonamides is 1. The lowest BCUT2D eigenvalue weighted by molar-refractivity contribution is -0.142. The molecule has 0 bridgehead atoms. The fraction of sp³-hybridized carbons (Fsp3) is 0.417. The summed E-state index contributed by atoms with van der Waals surface area (Å²) in [4.78, 5) is 26.4. The third-order valence-corrected chi connectivity index (χ3v) is 7.45. The van der Waals surface area contributed by atoms with Crippen LogP contribution in [0.25, 0.3) is 0 Å². The highest BCUT2D eigenvalue weighted by Crippen LogP contribution is 2.18. The molecule has 0 aromatic heterocycles. The minimum atomic E-state index is -3.54. The molecular formula is C24H30N2O6S. The number of carbonyl (C=O) groups excluding carboxylic acids is 2. The Balaban J connectivity index is 1.61. The summed E-state index contributed by atoms with van der Waals surface area (Å²) in [6.45, 7) is 2.18. The van der Waals surface area contributed by atoms with Crippen LogP contribution in [0.3, 0.4) is 0 Å². The molecule has 178 valence electrons. The van der Waals surface area contributed by atoms with Crippen molar-refractivity contribution in [2.45, 2.75) is 30.7 Å². The minimum Gasteiger partial charge on any atom is -0.469 e. The van der Waals surface area contributed by atoms with Crippen LogP contribution >= 0.6 is 0 Å². The van der Waals surface area contributed by atoms with Crippen molar-refractivity contribution >= 4 is 21.9 Å². The molecule has 9 heteroatoms. The molecular weight excluding hydrogens is 444 g/mol. The van der Waals surface area contributed by atoms with Gasteiger partial charge in [0.25, 0.3) is 0 Å². The minimum absolute atomic E-state index is 0.0761. The van der Waals surface area contributed by atoms with Crippen LogP contribution in [0.5, 0.6) is 0 Å². The number of nitrogens with zero attached hydrogens (tertiary/aromatic N) is 2. The van der Waals surface area contributed by atoms with Crippen molar-refractivity contribution in [3.8, 4) is 0 Å². The van der Waals surface area contributed by atoms with E-state index < -0.39 is 10.0 Å². The average molecular weight is 475 g/mol. The lowest BCUT2D eigenvalue weighted by Gasteiger charge is -2.26. The smallest absolute Gasteiger partial charge is 0.307 e. The highest BCUT2D eigenvalue weighted by atomic mass is 32.2. The van der Waals surface area contributed by atoms with Crippen LogP contribution in [0.2, 0.25) is 0 Å². The van der Waals surface area contributed by atoms with Gasteiger partial charge in [0.2, 0.25) is 15.9 Å². The summed E-state index contributed by atoms with van der Waals surface area (Å²) in [6.07, 6.45) is 0.854. The summed E-state index contributed by atoms with van der Waals surface area (Å²) in [5.74, 6) is -0.439. The molecule has 2 aromatic rings. The number of hydrogen-bond acceptors (Lipinski definition) is 6. The SMILES string of the molecule is COC(=O)CCN(Cc1ccccc1)C(=O)CCc1ccc(S(=O)(=O)N2CCOCC2)cc1. The van der Waals surface area contributed by atoms with Crippen LogP contribution in [0.1, 0.15) is 24.0 Å². The normalized spacial score (nSPS) is 14.6. The molecule has 0 saturated carbocycles.